The fourth-order valence-corrected chi connectivity index (χ4v) is 2.07. The van der Waals surface area contributed by atoms with Crippen LogP contribution in [0.1, 0.15) is 12.8 Å². The maximum Gasteiger partial charge on any atom is 0.333 e. The highest BCUT2D eigenvalue weighted by Gasteiger charge is 2.34. The van der Waals surface area contributed by atoms with Gasteiger partial charge in [0.25, 0.3) is 0 Å². The highest BCUT2D eigenvalue weighted by Crippen LogP contribution is 2.35. The van der Waals surface area contributed by atoms with Gasteiger partial charge in [0, 0.05) is 12.1 Å². The molecular formula is C12H11ClN2O2. The quantitative estimate of drug-likeness (QED) is 0.609. The number of hydrogen-bond acceptors (Lipinski definition) is 4. The number of rotatable bonds is 3. The van der Waals surface area contributed by atoms with Crippen molar-refractivity contribution < 1.29 is 9.53 Å². The predicted octanol–water partition coefficient (Wildman–Crippen LogP) is 2.14. The molecule has 2 aliphatic rings. The fraction of sp³-hybridized carbons (Fsp3) is 0.333. The van der Waals surface area contributed by atoms with Crippen LogP contribution < -0.4 is 4.90 Å². The number of hydrogen-bond donors (Lipinski definition) is 0. The molecule has 1 aromatic rings. The minimum Gasteiger partial charge on any atom is -0.456 e. The molecule has 1 aromatic heterocycles. The molecule has 1 fully saturated rings. The number of anilines is 1. The molecule has 1 saturated carbocycles. The van der Waals surface area contributed by atoms with Crippen LogP contribution in [0.25, 0.3) is 0 Å². The summed E-state index contributed by atoms with van der Waals surface area (Å²) in [6.07, 6.45) is 5.54. The third-order valence-corrected chi connectivity index (χ3v) is 3.08. The molecule has 0 spiro atoms. The molecule has 2 heterocycles. The van der Waals surface area contributed by atoms with Crippen molar-refractivity contribution in [2.24, 2.45) is 0 Å². The second-order valence-corrected chi connectivity index (χ2v) is 4.57. The Hall–Kier alpha value is -1.55. The Morgan fingerprint density at radius 2 is 2.24 bits per heavy atom. The molecule has 17 heavy (non-hydrogen) atoms. The summed E-state index contributed by atoms with van der Waals surface area (Å²) in [6.45, 7) is 0.345. The molecule has 0 atom stereocenters. The van der Waals surface area contributed by atoms with Gasteiger partial charge in [-0.3, -0.25) is 0 Å². The molecule has 88 valence electrons. The molecule has 3 rings (SSSR count). The van der Waals surface area contributed by atoms with Crippen LogP contribution in [0.15, 0.2) is 30.1 Å². The van der Waals surface area contributed by atoms with Crippen LogP contribution in [0, 0.1) is 0 Å². The van der Waals surface area contributed by atoms with Crippen LogP contribution >= 0.6 is 11.6 Å². The largest absolute Gasteiger partial charge is 0.456 e. The summed E-state index contributed by atoms with van der Waals surface area (Å²) in [6, 6.07) is 4.13. The number of pyridine rings is 1. The van der Waals surface area contributed by atoms with E-state index < -0.39 is 0 Å². The Morgan fingerprint density at radius 3 is 2.76 bits per heavy atom. The Labute approximate surface area is 104 Å². The zero-order chi connectivity index (χ0) is 11.8. The van der Waals surface area contributed by atoms with Crippen LogP contribution in [-0.4, -0.2) is 23.6 Å². The second-order valence-electron chi connectivity index (χ2n) is 4.18. The van der Waals surface area contributed by atoms with Crippen molar-refractivity contribution in [2.45, 2.75) is 18.9 Å². The number of nitrogens with zero attached hydrogens (tertiary/aromatic N) is 2. The summed E-state index contributed by atoms with van der Waals surface area (Å²) in [4.78, 5) is 17.3. The first kappa shape index (κ1) is 10.6. The fourth-order valence-electron chi connectivity index (χ4n) is 1.96. The summed E-state index contributed by atoms with van der Waals surface area (Å²) in [5.74, 6) is -0.271. The zero-order valence-electron chi connectivity index (χ0n) is 9.10. The van der Waals surface area contributed by atoms with Gasteiger partial charge < -0.3 is 9.64 Å². The molecular weight excluding hydrogens is 240 g/mol. The lowest BCUT2D eigenvalue weighted by atomic mass is 10.3. The highest BCUT2D eigenvalue weighted by molar-refractivity contribution is 6.29. The third-order valence-electron chi connectivity index (χ3n) is 2.86. The standard InChI is InChI=1S/C12H11ClN2O2/c13-11-4-3-9(6-14-11)15(8-1-2-8)10-5-12(16)17-7-10/h3-6,8H,1-2,7H2. The Morgan fingerprint density at radius 1 is 1.41 bits per heavy atom. The average Bonchev–Trinajstić information content (AvgIpc) is 3.05. The lowest BCUT2D eigenvalue weighted by Crippen LogP contribution is -2.25. The van der Waals surface area contributed by atoms with Gasteiger partial charge in [-0.25, -0.2) is 9.78 Å². The molecule has 0 bridgehead atoms. The van der Waals surface area contributed by atoms with Gasteiger partial charge in [-0.05, 0) is 25.0 Å². The number of esters is 1. The van der Waals surface area contributed by atoms with Crippen molar-refractivity contribution in [1.82, 2.24) is 4.98 Å². The first-order chi connectivity index (χ1) is 8.24. The van der Waals surface area contributed by atoms with E-state index in [0.717, 1.165) is 24.2 Å². The van der Waals surface area contributed by atoms with Crippen molar-refractivity contribution in [3.63, 3.8) is 0 Å². The van der Waals surface area contributed by atoms with E-state index in [-0.39, 0.29) is 5.97 Å². The molecule has 0 aromatic carbocycles. The smallest absolute Gasteiger partial charge is 0.333 e. The number of halogens is 1. The summed E-state index contributed by atoms with van der Waals surface area (Å²) < 4.78 is 4.95. The molecule has 0 saturated heterocycles. The van der Waals surface area contributed by atoms with Gasteiger partial charge in [-0.1, -0.05) is 11.6 Å². The van der Waals surface area contributed by atoms with Crippen LogP contribution in [0.5, 0.6) is 0 Å². The van der Waals surface area contributed by atoms with Crippen molar-refractivity contribution in [3.05, 3.63) is 35.3 Å². The Kier molecular flexibility index (Phi) is 2.52. The first-order valence-corrected chi connectivity index (χ1v) is 5.90. The molecule has 0 amide bonds. The normalized spacial score (nSPS) is 18.9. The topological polar surface area (TPSA) is 42.4 Å². The van der Waals surface area contributed by atoms with Crippen LogP contribution in [-0.2, 0) is 9.53 Å². The van der Waals surface area contributed by atoms with E-state index in [0.29, 0.717) is 17.8 Å². The van der Waals surface area contributed by atoms with E-state index in [4.69, 9.17) is 16.3 Å². The summed E-state index contributed by atoms with van der Waals surface area (Å²) in [7, 11) is 0. The lowest BCUT2D eigenvalue weighted by molar-refractivity contribution is -0.134. The maximum absolute atomic E-state index is 11.1. The van der Waals surface area contributed by atoms with Gasteiger partial charge in [0.1, 0.15) is 11.8 Å². The first-order valence-electron chi connectivity index (χ1n) is 5.52. The van der Waals surface area contributed by atoms with E-state index in [1.54, 1.807) is 18.3 Å². The van der Waals surface area contributed by atoms with E-state index in [2.05, 4.69) is 9.88 Å². The third kappa shape index (κ3) is 2.13. The Balaban J connectivity index is 1.92. The van der Waals surface area contributed by atoms with Crippen LogP contribution in [0.4, 0.5) is 5.69 Å². The number of ether oxygens (including phenoxy) is 1. The van der Waals surface area contributed by atoms with E-state index in [9.17, 15) is 4.79 Å². The Bertz CT molecular complexity index is 480. The SMILES string of the molecule is O=C1C=C(N(c2ccc(Cl)nc2)C2CC2)CO1. The molecule has 0 unspecified atom stereocenters. The molecule has 0 N–H and O–H groups in total. The second kappa shape index (κ2) is 4.04. The van der Waals surface area contributed by atoms with Gasteiger partial charge in [0.05, 0.1) is 17.6 Å². The monoisotopic (exact) mass is 250 g/mol. The van der Waals surface area contributed by atoms with Crippen LogP contribution in [0.3, 0.4) is 0 Å². The van der Waals surface area contributed by atoms with E-state index in [1.165, 1.54) is 0 Å². The highest BCUT2D eigenvalue weighted by atomic mass is 35.5. The zero-order valence-corrected chi connectivity index (χ0v) is 9.85. The number of carbonyl (C=O) groups excluding carboxylic acids is 1. The molecule has 5 heteroatoms. The van der Waals surface area contributed by atoms with Crippen molar-refractivity contribution >= 4 is 23.3 Å². The molecule has 4 nitrogen and oxygen atoms in total. The van der Waals surface area contributed by atoms with Gasteiger partial charge in [0.2, 0.25) is 0 Å². The van der Waals surface area contributed by atoms with E-state index in [1.807, 2.05) is 6.07 Å². The predicted molar refractivity (Wildman–Crippen MR) is 63.8 cm³/mol. The minimum absolute atomic E-state index is 0.271. The number of carbonyl (C=O) groups is 1. The summed E-state index contributed by atoms with van der Waals surface area (Å²) >= 11 is 5.77. The van der Waals surface area contributed by atoms with Gasteiger partial charge in [0.15, 0.2) is 0 Å². The lowest BCUT2D eigenvalue weighted by Gasteiger charge is -2.24. The van der Waals surface area contributed by atoms with Crippen LogP contribution in [0.2, 0.25) is 5.15 Å². The summed E-state index contributed by atoms with van der Waals surface area (Å²) in [5, 5.41) is 0.470. The van der Waals surface area contributed by atoms with Gasteiger partial charge in [-0.15, -0.1) is 0 Å². The number of cyclic esters (lactones) is 1. The van der Waals surface area contributed by atoms with Gasteiger partial charge >= 0.3 is 5.97 Å². The average molecular weight is 251 g/mol. The molecule has 1 aliphatic heterocycles. The maximum atomic E-state index is 11.1. The van der Waals surface area contributed by atoms with E-state index >= 15 is 0 Å². The summed E-state index contributed by atoms with van der Waals surface area (Å²) in [5.41, 5.74) is 1.86. The van der Waals surface area contributed by atoms with Crippen molar-refractivity contribution in [2.75, 3.05) is 11.5 Å². The van der Waals surface area contributed by atoms with Crippen molar-refractivity contribution in [1.29, 1.82) is 0 Å². The van der Waals surface area contributed by atoms with Gasteiger partial charge in [-0.2, -0.15) is 0 Å². The molecule has 1 aliphatic carbocycles. The molecule has 0 radical (unpaired) electrons. The number of aromatic nitrogens is 1. The van der Waals surface area contributed by atoms with Crippen molar-refractivity contribution in [3.8, 4) is 0 Å². The minimum atomic E-state index is -0.271.